The molecular formula is C23H17N3O5S. The van der Waals surface area contributed by atoms with Gasteiger partial charge < -0.3 is 15.2 Å². The minimum absolute atomic E-state index is 0.0437. The Bertz CT molecular complexity index is 1280. The van der Waals surface area contributed by atoms with Gasteiger partial charge in [0.2, 0.25) is 0 Å². The standard InChI is InChI=1S/C23H17N3O5S/c27-19-10-14(6-8-16(19)22(30)31)18-9-7-15(24-18)11-17-20(28)25-23(32)26(21(17)29)12-13-4-2-1-3-5-13/h1-11,24,27H,12H2,(H,30,31)(H,25,28,32)/b17-11+. The Morgan fingerprint density at radius 3 is 2.50 bits per heavy atom. The molecule has 0 radical (unpaired) electrons. The fourth-order valence-electron chi connectivity index (χ4n) is 3.30. The maximum absolute atomic E-state index is 13.0. The summed E-state index contributed by atoms with van der Waals surface area (Å²) in [4.78, 5) is 40.8. The maximum Gasteiger partial charge on any atom is 0.339 e. The number of hydrogen-bond donors (Lipinski definition) is 4. The van der Waals surface area contributed by atoms with Crippen molar-refractivity contribution in [2.75, 3.05) is 0 Å². The second kappa shape index (κ2) is 8.48. The number of carboxylic acid groups (broad SMARTS) is 1. The molecule has 9 heteroatoms. The van der Waals surface area contributed by atoms with Crippen LogP contribution >= 0.6 is 12.2 Å². The molecule has 0 spiro atoms. The van der Waals surface area contributed by atoms with E-state index in [0.717, 1.165) is 5.56 Å². The van der Waals surface area contributed by atoms with Crippen LogP contribution in [-0.2, 0) is 16.1 Å². The fourth-order valence-corrected chi connectivity index (χ4v) is 3.54. The van der Waals surface area contributed by atoms with Gasteiger partial charge in [-0.15, -0.1) is 0 Å². The molecule has 0 unspecified atom stereocenters. The summed E-state index contributed by atoms with van der Waals surface area (Å²) in [5.74, 6) is -2.70. The van der Waals surface area contributed by atoms with Gasteiger partial charge in [-0.25, -0.2) is 4.79 Å². The predicted molar refractivity (Wildman–Crippen MR) is 121 cm³/mol. The van der Waals surface area contributed by atoms with Crippen LogP contribution in [0.1, 0.15) is 21.6 Å². The van der Waals surface area contributed by atoms with Crippen molar-refractivity contribution in [3.63, 3.8) is 0 Å². The molecule has 1 aliphatic heterocycles. The number of thiocarbonyl (C=S) groups is 1. The molecular weight excluding hydrogens is 430 g/mol. The molecule has 3 aromatic rings. The summed E-state index contributed by atoms with van der Waals surface area (Å²) in [5, 5.41) is 21.5. The van der Waals surface area contributed by atoms with Gasteiger partial charge in [-0.3, -0.25) is 19.8 Å². The normalized spacial score (nSPS) is 15.2. The lowest BCUT2D eigenvalue weighted by Crippen LogP contribution is -2.53. The summed E-state index contributed by atoms with van der Waals surface area (Å²) < 4.78 is 0. The van der Waals surface area contributed by atoms with E-state index in [9.17, 15) is 19.5 Å². The Balaban J connectivity index is 1.60. The van der Waals surface area contributed by atoms with E-state index in [1.54, 1.807) is 18.2 Å². The van der Waals surface area contributed by atoms with E-state index in [4.69, 9.17) is 17.3 Å². The van der Waals surface area contributed by atoms with Crippen molar-refractivity contribution in [2.45, 2.75) is 6.54 Å². The quantitative estimate of drug-likeness (QED) is 0.271. The molecule has 4 rings (SSSR count). The Kier molecular flexibility index (Phi) is 5.57. The van der Waals surface area contributed by atoms with E-state index in [0.29, 0.717) is 17.0 Å². The van der Waals surface area contributed by atoms with Crippen molar-refractivity contribution in [3.05, 3.63) is 83.1 Å². The fraction of sp³-hybridized carbons (Fsp3) is 0.0435. The molecule has 1 aliphatic rings. The summed E-state index contributed by atoms with van der Waals surface area (Å²) in [7, 11) is 0. The lowest BCUT2D eigenvalue weighted by atomic mass is 10.1. The van der Waals surface area contributed by atoms with Crippen LogP contribution in [0.4, 0.5) is 0 Å². The van der Waals surface area contributed by atoms with Gasteiger partial charge in [0.25, 0.3) is 11.8 Å². The van der Waals surface area contributed by atoms with Crippen molar-refractivity contribution >= 4 is 41.2 Å². The Morgan fingerprint density at radius 2 is 1.81 bits per heavy atom. The molecule has 0 saturated carbocycles. The molecule has 0 aliphatic carbocycles. The first kappa shape index (κ1) is 21.0. The lowest BCUT2D eigenvalue weighted by molar-refractivity contribution is -0.129. The monoisotopic (exact) mass is 447 g/mol. The SMILES string of the molecule is O=C1NC(=S)N(Cc2ccccc2)C(=O)/C1=C/c1ccc(-c2ccc(C(=O)O)c(O)c2)[nH]1. The number of carboxylic acids is 1. The number of amides is 2. The van der Waals surface area contributed by atoms with Crippen LogP contribution in [0, 0.1) is 0 Å². The Hall–Kier alpha value is -4.24. The molecule has 2 heterocycles. The number of hydrogen-bond acceptors (Lipinski definition) is 5. The maximum atomic E-state index is 13.0. The molecule has 1 saturated heterocycles. The van der Waals surface area contributed by atoms with Crippen LogP contribution in [0.5, 0.6) is 5.75 Å². The number of H-pyrrole nitrogens is 1. The molecule has 4 N–H and O–H groups in total. The van der Waals surface area contributed by atoms with Gasteiger partial charge in [-0.05, 0) is 48.1 Å². The van der Waals surface area contributed by atoms with Crippen molar-refractivity contribution < 1.29 is 24.6 Å². The van der Waals surface area contributed by atoms with E-state index < -0.39 is 17.8 Å². The van der Waals surface area contributed by atoms with Crippen LogP contribution in [-0.4, -0.2) is 43.0 Å². The molecule has 2 amide bonds. The first-order chi connectivity index (χ1) is 15.3. The summed E-state index contributed by atoms with van der Waals surface area (Å²) >= 11 is 5.18. The zero-order chi connectivity index (χ0) is 22.8. The second-order valence-corrected chi connectivity index (χ2v) is 7.45. The van der Waals surface area contributed by atoms with E-state index in [1.165, 1.54) is 23.1 Å². The van der Waals surface area contributed by atoms with E-state index in [2.05, 4.69) is 10.3 Å². The zero-order valence-electron chi connectivity index (χ0n) is 16.5. The minimum atomic E-state index is -1.23. The van der Waals surface area contributed by atoms with Crippen LogP contribution < -0.4 is 5.32 Å². The first-order valence-corrected chi connectivity index (χ1v) is 9.93. The third-order valence-corrected chi connectivity index (χ3v) is 5.24. The molecule has 32 heavy (non-hydrogen) atoms. The summed E-state index contributed by atoms with van der Waals surface area (Å²) in [6, 6.07) is 16.8. The van der Waals surface area contributed by atoms with Crippen LogP contribution in [0.3, 0.4) is 0 Å². The zero-order valence-corrected chi connectivity index (χ0v) is 17.3. The largest absolute Gasteiger partial charge is 0.507 e. The number of carbonyl (C=O) groups excluding carboxylic acids is 2. The Morgan fingerprint density at radius 1 is 1.06 bits per heavy atom. The van der Waals surface area contributed by atoms with Gasteiger partial charge in [-0.2, -0.15) is 0 Å². The van der Waals surface area contributed by atoms with Gasteiger partial charge in [0.05, 0.1) is 6.54 Å². The van der Waals surface area contributed by atoms with E-state index >= 15 is 0 Å². The van der Waals surface area contributed by atoms with Gasteiger partial charge in [0, 0.05) is 17.0 Å². The van der Waals surface area contributed by atoms with Crippen LogP contribution in [0.25, 0.3) is 17.3 Å². The average Bonchev–Trinajstić information content (AvgIpc) is 3.23. The number of aromatic carboxylic acids is 1. The highest BCUT2D eigenvalue weighted by atomic mass is 32.1. The molecule has 8 nitrogen and oxygen atoms in total. The number of rotatable bonds is 5. The number of benzene rings is 2. The van der Waals surface area contributed by atoms with Gasteiger partial charge >= 0.3 is 5.97 Å². The lowest BCUT2D eigenvalue weighted by Gasteiger charge is -2.28. The third-order valence-electron chi connectivity index (χ3n) is 4.92. The Labute approximate surface area is 187 Å². The van der Waals surface area contributed by atoms with Gasteiger partial charge in [-0.1, -0.05) is 36.4 Å². The first-order valence-electron chi connectivity index (χ1n) is 9.52. The number of carbonyl (C=O) groups is 3. The topological polar surface area (TPSA) is 123 Å². The van der Waals surface area contributed by atoms with Crippen molar-refractivity contribution in [1.82, 2.24) is 15.2 Å². The second-order valence-electron chi connectivity index (χ2n) is 7.06. The van der Waals surface area contributed by atoms with Crippen molar-refractivity contribution in [3.8, 4) is 17.0 Å². The highest BCUT2D eigenvalue weighted by Crippen LogP contribution is 2.27. The summed E-state index contributed by atoms with van der Waals surface area (Å²) in [5.41, 5.74) is 2.18. The number of aromatic hydroxyl groups is 1. The molecule has 160 valence electrons. The summed E-state index contributed by atoms with van der Waals surface area (Å²) in [6.45, 7) is 0.224. The van der Waals surface area contributed by atoms with Crippen LogP contribution in [0.15, 0.2) is 66.2 Å². The number of nitrogens with zero attached hydrogens (tertiary/aromatic N) is 1. The van der Waals surface area contributed by atoms with Gasteiger partial charge in [0.1, 0.15) is 16.9 Å². The summed E-state index contributed by atoms with van der Waals surface area (Å²) in [6.07, 6.45) is 1.42. The predicted octanol–water partition coefficient (Wildman–Crippen LogP) is 2.91. The van der Waals surface area contributed by atoms with Crippen molar-refractivity contribution in [1.29, 1.82) is 0 Å². The van der Waals surface area contributed by atoms with Gasteiger partial charge in [0.15, 0.2) is 5.11 Å². The molecule has 1 fully saturated rings. The average molecular weight is 447 g/mol. The van der Waals surface area contributed by atoms with E-state index in [-0.39, 0.29) is 28.5 Å². The highest BCUT2D eigenvalue weighted by molar-refractivity contribution is 7.80. The van der Waals surface area contributed by atoms with Crippen molar-refractivity contribution in [2.24, 2.45) is 0 Å². The molecule has 1 aromatic heterocycles. The molecule has 0 atom stereocenters. The molecule has 0 bridgehead atoms. The number of aromatic nitrogens is 1. The van der Waals surface area contributed by atoms with Crippen LogP contribution in [0.2, 0.25) is 0 Å². The molecule has 2 aromatic carbocycles. The van der Waals surface area contributed by atoms with E-state index in [1.807, 2.05) is 30.3 Å². The highest BCUT2D eigenvalue weighted by Gasteiger charge is 2.33. The number of aromatic amines is 1. The smallest absolute Gasteiger partial charge is 0.339 e. The number of nitrogens with one attached hydrogen (secondary N) is 2. The third kappa shape index (κ3) is 4.14. The number of phenols is 1. The minimum Gasteiger partial charge on any atom is -0.507 e.